The molecule has 184 valence electrons. The lowest BCUT2D eigenvalue weighted by molar-refractivity contribution is -0.276. The molecule has 2 aliphatic rings. The van der Waals surface area contributed by atoms with Gasteiger partial charge in [-0.3, -0.25) is 4.18 Å². The van der Waals surface area contributed by atoms with E-state index in [1.54, 1.807) is 0 Å². The molecule has 7 nitrogen and oxygen atoms in total. The maximum absolute atomic E-state index is 12.1. The minimum Gasteiger partial charge on any atom is -0.374 e. The summed E-state index contributed by atoms with van der Waals surface area (Å²) in [4.78, 5) is 0. The molecular formula is C27H28O7S. The third-order valence-electron chi connectivity index (χ3n) is 5.92. The predicted molar refractivity (Wildman–Crippen MR) is 129 cm³/mol. The normalized spacial score (nSPS) is 28.0. The van der Waals surface area contributed by atoms with E-state index >= 15 is 0 Å². The molecule has 2 heterocycles. The number of rotatable bonds is 10. The van der Waals surface area contributed by atoms with Gasteiger partial charge in [0.25, 0.3) is 0 Å². The molecule has 0 saturated carbocycles. The van der Waals surface area contributed by atoms with Crippen LogP contribution in [0.2, 0.25) is 0 Å². The maximum atomic E-state index is 12.1. The molecule has 0 spiro atoms. The fourth-order valence-corrected chi connectivity index (χ4v) is 4.91. The van der Waals surface area contributed by atoms with Crippen LogP contribution in [0.15, 0.2) is 91.0 Å². The summed E-state index contributed by atoms with van der Waals surface area (Å²) in [6.07, 6.45) is -3.14. The Morgan fingerprint density at radius 1 is 0.657 bits per heavy atom. The van der Waals surface area contributed by atoms with Gasteiger partial charge in [0.2, 0.25) is 6.29 Å². The topological polar surface area (TPSA) is 72.5 Å². The first-order valence-electron chi connectivity index (χ1n) is 11.6. The van der Waals surface area contributed by atoms with Crippen LogP contribution >= 0.6 is 0 Å². The Hall–Kier alpha value is -2.43. The van der Waals surface area contributed by atoms with E-state index in [9.17, 15) is 4.21 Å². The molecule has 0 aromatic heterocycles. The van der Waals surface area contributed by atoms with Crippen LogP contribution in [-0.2, 0) is 58.5 Å². The van der Waals surface area contributed by atoms with Crippen LogP contribution in [0.3, 0.4) is 0 Å². The van der Waals surface area contributed by atoms with Gasteiger partial charge in [0, 0.05) is 0 Å². The van der Waals surface area contributed by atoms with Crippen LogP contribution in [0.4, 0.5) is 0 Å². The second-order valence-electron chi connectivity index (χ2n) is 8.43. The Morgan fingerprint density at radius 2 is 1.17 bits per heavy atom. The Labute approximate surface area is 207 Å². The van der Waals surface area contributed by atoms with E-state index in [1.165, 1.54) is 0 Å². The first-order chi connectivity index (χ1) is 17.3. The van der Waals surface area contributed by atoms with E-state index in [1.807, 2.05) is 91.0 Å². The van der Waals surface area contributed by atoms with Crippen LogP contribution in [0, 0.1) is 0 Å². The number of hydrogen-bond donors (Lipinski definition) is 0. The van der Waals surface area contributed by atoms with Gasteiger partial charge in [-0.2, -0.15) is 4.21 Å². The molecule has 0 bridgehead atoms. The summed E-state index contributed by atoms with van der Waals surface area (Å²) in [5, 5.41) is 0. The van der Waals surface area contributed by atoms with Crippen LogP contribution in [0.5, 0.6) is 0 Å². The third kappa shape index (κ3) is 6.42. The molecule has 0 N–H and O–H groups in total. The highest BCUT2D eigenvalue weighted by Crippen LogP contribution is 2.35. The zero-order valence-electron chi connectivity index (χ0n) is 19.1. The lowest BCUT2D eigenvalue weighted by atomic mass is 9.98. The molecule has 3 aromatic carbocycles. The highest BCUT2D eigenvalue weighted by molar-refractivity contribution is 7.75. The van der Waals surface area contributed by atoms with E-state index in [4.69, 9.17) is 27.3 Å². The third-order valence-corrected chi connectivity index (χ3v) is 6.64. The number of benzene rings is 3. The molecule has 35 heavy (non-hydrogen) atoms. The van der Waals surface area contributed by atoms with Gasteiger partial charge >= 0.3 is 11.4 Å². The summed E-state index contributed by atoms with van der Waals surface area (Å²) in [7, 11) is 0. The van der Waals surface area contributed by atoms with Gasteiger partial charge in [0.1, 0.15) is 18.3 Å². The van der Waals surface area contributed by atoms with Gasteiger partial charge in [0.15, 0.2) is 6.10 Å². The largest absolute Gasteiger partial charge is 0.374 e. The average molecular weight is 497 g/mol. The molecule has 0 radical (unpaired) electrons. The Morgan fingerprint density at radius 3 is 1.74 bits per heavy atom. The quantitative estimate of drug-likeness (QED) is 0.419. The van der Waals surface area contributed by atoms with Crippen molar-refractivity contribution in [3.8, 4) is 0 Å². The van der Waals surface area contributed by atoms with Crippen molar-refractivity contribution in [1.82, 2.24) is 0 Å². The van der Waals surface area contributed by atoms with Gasteiger partial charge < -0.3 is 18.9 Å². The van der Waals surface area contributed by atoms with Crippen molar-refractivity contribution in [3.05, 3.63) is 108 Å². The number of hydrogen-bond acceptors (Lipinski definition) is 7. The zero-order chi connectivity index (χ0) is 23.9. The highest BCUT2D eigenvalue weighted by Gasteiger charge is 2.54. The molecule has 2 saturated heterocycles. The fourth-order valence-electron chi connectivity index (χ4n) is 4.18. The summed E-state index contributed by atoms with van der Waals surface area (Å²) in [6.45, 7) is 1.38. The second-order valence-corrected chi connectivity index (χ2v) is 9.22. The molecular weight excluding hydrogens is 468 g/mol. The first kappa shape index (κ1) is 24.3. The van der Waals surface area contributed by atoms with Crippen molar-refractivity contribution >= 4 is 11.4 Å². The number of ether oxygens (including phenoxy) is 4. The second kappa shape index (κ2) is 12.0. The minimum absolute atomic E-state index is 0.249. The van der Waals surface area contributed by atoms with Crippen molar-refractivity contribution in [2.45, 2.75) is 50.5 Å². The van der Waals surface area contributed by atoms with E-state index in [0.29, 0.717) is 19.8 Å². The summed E-state index contributed by atoms with van der Waals surface area (Å²) in [6, 6.07) is 29.6. The standard InChI is InChI=1S/C27H28O7S/c28-35-33-26-25(31-18-22-14-8-3-9-15-22)24(30-17-21-12-6-2-7-13-21)23(32-27(26)34-35)19-29-16-20-10-4-1-5-11-20/h1-15,23-27H,16-19H2/t23-,24-,25+,26?,27?,35?/m1/s1. The van der Waals surface area contributed by atoms with Crippen LogP contribution < -0.4 is 0 Å². The molecule has 3 unspecified atom stereocenters. The molecule has 2 fully saturated rings. The minimum atomic E-state index is -1.92. The number of fused-ring (bicyclic) bond motifs is 1. The Bertz CT molecular complexity index is 1070. The lowest BCUT2D eigenvalue weighted by Crippen LogP contribution is -2.59. The van der Waals surface area contributed by atoms with Crippen LogP contribution in [0.1, 0.15) is 16.7 Å². The Balaban J connectivity index is 1.33. The van der Waals surface area contributed by atoms with E-state index in [0.717, 1.165) is 16.7 Å². The van der Waals surface area contributed by atoms with Crippen LogP contribution in [-0.4, -0.2) is 41.5 Å². The van der Waals surface area contributed by atoms with Gasteiger partial charge in [-0.1, -0.05) is 91.0 Å². The highest BCUT2D eigenvalue weighted by atomic mass is 32.2. The molecule has 6 atom stereocenters. The monoisotopic (exact) mass is 496 g/mol. The zero-order valence-corrected chi connectivity index (χ0v) is 20.0. The smallest absolute Gasteiger partial charge is 0.307 e. The Kier molecular flexibility index (Phi) is 8.33. The molecule has 8 heteroatoms. The maximum Gasteiger partial charge on any atom is 0.307 e. The predicted octanol–water partition coefficient (Wildman–Crippen LogP) is 4.09. The van der Waals surface area contributed by atoms with Crippen molar-refractivity contribution in [3.63, 3.8) is 0 Å². The summed E-state index contributed by atoms with van der Waals surface area (Å²) < 4.78 is 47.8. The summed E-state index contributed by atoms with van der Waals surface area (Å²) >= 11 is -1.92. The lowest BCUT2D eigenvalue weighted by Gasteiger charge is -2.41. The van der Waals surface area contributed by atoms with Gasteiger partial charge in [0.05, 0.1) is 26.4 Å². The van der Waals surface area contributed by atoms with E-state index < -0.39 is 42.1 Å². The van der Waals surface area contributed by atoms with Crippen molar-refractivity contribution in [2.75, 3.05) is 6.61 Å². The molecule has 0 amide bonds. The van der Waals surface area contributed by atoms with Crippen LogP contribution in [0.25, 0.3) is 0 Å². The molecule has 3 aromatic rings. The van der Waals surface area contributed by atoms with Crippen molar-refractivity contribution in [2.24, 2.45) is 0 Å². The van der Waals surface area contributed by atoms with Gasteiger partial charge in [-0.15, -0.1) is 0 Å². The first-order valence-corrected chi connectivity index (χ1v) is 12.6. The van der Waals surface area contributed by atoms with Gasteiger partial charge in [-0.05, 0) is 16.7 Å². The van der Waals surface area contributed by atoms with Crippen molar-refractivity contribution in [1.29, 1.82) is 0 Å². The molecule has 2 aliphatic heterocycles. The average Bonchev–Trinajstić information content (AvgIpc) is 3.28. The molecule has 0 aliphatic carbocycles. The van der Waals surface area contributed by atoms with Crippen molar-refractivity contribution < 1.29 is 31.5 Å². The molecule has 5 rings (SSSR count). The van der Waals surface area contributed by atoms with E-state index in [2.05, 4.69) is 0 Å². The SMILES string of the molecule is O=S1OC2O[C@H](COCc3ccccc3)[C@@H](OCc3ccccc3)[C@H](OCc3ccccc3)C2O1. The van der Waals surface area contributed by atoms with Gasteiger partial charge in [-0.25, -0.2) is 4.18 Å². The fraction of sp³-hybridized carbons (Fsp3) is 0.333. The summed E-state index contributed by atoms with van der Waals surface area (Å²) in [5.74, 6) is 0. The summed E-state index contributed by atoms with van der Waals surface area (Å²) in [5.41, 5.74) is 3.09. The van der Waals surface area contributed by atoms with E-state index in [-0.39, 0.29) is 6.61 Å².